The number of rotatable bonds is 30. The van der Waals surface area contributed by atoms with Crippen LogP contribution in [-0.2, 0) is 32.7 Å². The highest BCUT2D eigenvalue weighted by Gasteiger charge is 2.25. The molecule has 2 unspecified atom stereocenters. The van der Waals surface area contributed by atoms with Gasteiger partial charge in [-0.25, -0.2) is 4.57 Å². The number of hydrogen-bond donors (Lipinski definition) is 2. The third-order valence-electron chi connectivity index (χ3n) is 6.71. The highest BCUT2D eigenvalue weighted by molar-refractivity contribution is 7.47. The quantitative estimate of drug-likeness (QED) is 0.0362. The predicted octanol–water partition coefficient (Wildman–Crippen LogP) is 7.93. The molecule has 0 bridgehead atoms. The van der Waals surface area contributed by atoms with Crippen molar-refractivity contribution in [1.29, 1.82) is 0 Å². The molecule has 2 atom stereocenters. The number of carbonyl (C=O) groups excluding carboxylic acids is 2. The summed E-state index contributed by atoms with van der Waals surface area (Å²) in [5, 5.41) is 0. The zero-order chi connectivity index (χ0) is 30.4. The van der Waals surface area contributed by atoms with E-state index in [1.54, 1.807) is 0 Å². The smallest absolute Gasteiger partial charge is 0.462 e. The van der Waals surface area contributed by atoms with Crippen LogP contribution in [0.25, 0.3) is 0 Å². The second-order valence-corrected chi connectivity index (χ2v) is 12.2. The van der Waals surface area contributed by atoms with Gasteiger partial charge < -0.3 is 20.1 Å². The highest BCUT2D eigenvalue weighted by atomic mass is 31.2. The van der Waals surface area contributed by atoms with E-state index in [4.69, 9.17) is 19.7 Å². The molecule has 9 nitrogen and oxygen atoms in total. The molecular weight excluding hydrogens is 545 g/mol. The third-order valence-corrected chi connectivity index (χ3v) is 7.69. The van der Waals surface area contributed by atoms with E-state index in [9.17, 15) is 19.0 Å². The number of unbranched alkanes of at least 4 members (excludes halogenated alkanes) is 17. The molecule has 242 valence electrons. The van der Waals surface area contributed by atoms with Gasteiger partial charge in [-0.1, -0.05) is 109 Å². The Morgan fingerprint density at radius 3 is 1.73 bits per heavy atom. The number of allylic oxidation sites excluding steroid dienone is 2. The van der Waals surface area contributed by atoms with E-state index in [1.807, 2.05) is 0 Å². The molecule has 0 fully saturated rings. The maximum atomic E-state index is 12.2. The minimum atomic E-state index is -4.33. The third kappa shape index (κ3) is 30.0. The number of nitrogens with two attached hydrogens (primary N) is 1. The molecule has 0 amide bonds. The van der Waals surface area contributed by atoms with Crippen LogP contribution in [0.1, 0.15) is 142 Å². The van der Waals surface area contributed by atoms with Crippen LogP contribution >= 0.6 is 7.82 Å². The number of ether oxygens (including phenoxy) is 2. The Balaban J connectivity index is 3.71. The monoisotopic (exact) mass is 605 g/mol. The zero-order valence-electron chi connectivity index (χ0n) is 26.0. The lowest BCUT2D eigenvalue weighted by atomic mass is 10.1. The van der Waals surface area contributed by atoms with Crippen LogP contribution in [0.5, 0.6) is 0 Å². The van der Waals surface area contributed by atoms with Crippen LogP contribution in [-0.4, -0.2) is 49.3 Å². The van der Waals surface area contributed by atoms with E-state index in [0.29, 0.717) is 6.42 Å². The Kier molecular flexibility index (Phi) is 28.0. The van der Waals surface area contributed by atoms with Gasteiger partial charge in [0.1, 0.15) is 6.61 Å². The van der Waals surface area contributed by atoms with Crippen molar-refractivity contribution in [2.75, 3.05) is 26.4 Å². The Morgan fingerprint density at radius 2 is 1.24 bits per heavy atom. The Labute approximate surface area is 249 Å². The molecule has 10 heteroatoms. The van der Waals surface area contributed by atoms with Crippen LogP contribution in [0.15, 0.2) is 12.2 Å². The second-order valence-electron chi connectivity index (χ2n) is 10.8. The summed E-state index contributed by atoms with van der Waals surface area (Å²) in [5.41, 5.74) is 5.24. The molecular formula is C31H60NO8P. The molecule has 0 heterocycles. The van der Waals surface area contributed by atoms with Crippen molar-refractivity contribution in [2.45, 2.75) is 148 Å². The predicted molar refractivity (Wildman–Crippen MR) is 164 cm³/mol. The van der Waals surface area contributed by atoms with Gasteiger partial charge in [0.25, 0.3) is 0 Å². The first kappa shape index (κ1) is 39.8. The summed E-state index contributed by atoms with van der Waals surface area (Å²) in [7, 11) is -4.33. The Hall–Kier alpha value is -1.25. The summed E-state index contributed by atoms with van der Waals surface area (Å²) in [4.78, 5) is 32.9. The fraction of sp³-hybridized carbons (Fsp3) is 0.871. The number of hydrogen-bond acceptors (Lipinski definition) is 8. The normalized spacial score (nSPS) is 13.8. The molecule has 0 aromatic heterocycles. The van der Waals surface area contributed by atoms with E-state index in [0.717, 1.165) is 19.3 Å². The maximum Gasteiger partial charge on any atom is 0.472 e. The first-order chi connectivity index (χ1) is 19.8. The molecule has 0 rings (SSSR count). The molecule has 0 aromatic rings. The zero-order valence-corrected chi connectivity index (χ0v) is 26.9. The molecule has 0 aliphatic heterocycles. The van der Waals surface area contributed by atoms with Crippen LogP contribution in [0.2, 0.25) is 0 Å². The lowest BCUT2D eigenvalue weighted by Gasteiger charge is -2.19. The molecule has 0 saturated carbocycles. The van der Waals surface area contributed by atoms with Crippen LogP contribution in [0.4, 0.5) is 0 Å². The van der Waals surface area contributed by atoms with Gasteiger partial charge in [-0.2, -0.15) is 0 Å². The van der Waals surface area contributed by atoms with Crippen molar-refractivity contribution in [3.63, 3.8) is 0 Å². The van der Waals surface area contributed by atoms with Gasteiger partial charge in [0.2, 0.25) is 0 Å². The van der Waals surface area contributed by atoms with Crippen molar-refractivity contribution in [3.05, 3.63) is 12.2 Å². The lowest BCUT2D eigenvalue weighted by Crippen LogP contribution is -2.29. The highest BCUT2D eigenvalue weighted by Crippen LogP contribution is 2.43. The minimum absolute atomic E-state index is 0.0527. The minimum Gasteiger partial charge on any atom is -0.462 e. The van der Waals surface area contributed by atoms with E-state index in [2.05, 4.69) is 23.6 Å². The maximum absolute atomic E-state index is 12.2. The molecule has 0 aliphatic rings. The number of esters is 2. The molecule has 41 heavy (non-hydrogen) atoms. The van der Waals surface area contributed by atoms with Crippen LogP contribution in [0.3, 0.4) is 0 Å². The van der Waals surface area contributed by atoms with Gasteiger partial charge in [0.05, 0.1) is 13.2 Å². The van der Waals surface area contributed by atoms with Gasteiger partial charge in [-0.15, -0.1) is 0 Å². The summed E-state index contributed by atoms with van der Waals surface area (Å²) in [6, 6.07) is 0. The first-order valence-electron chi connectivity index (χ1n) is 16.1. The summed E-state index contributed by atoms with van der Waals surface area (Å²) in [6.45, 7) is 2.68. The van der Waals surface area contributed by atoms with E-state index in [1.165, 1.54) is 103 Å². The SMILES string of the molecule is CCCCCCCCCC/C=C\CCCCCCCCCCCC(=O)OC(COC(C)=O)COP(=O)(O)OCCN. The van der Waals surface area contributed by atoms with Crippen molar-refractivity contribution in [2.24, 2.45) is 5.73 Å². The molecule has 3 N–H and O–H groups in total. The number of phosphoric ester groups is 1. The molecule has 0 aromatic carbocycles. The lowest BCUT2D eigenvalue weighted by molar-refractivity contribution is -0.160. The van der Waals surface area contributed by atoms with Crippen molar-refractivity contribution >= 4 is 19.8 Å². The first-order valence-corrected chi connectivity index (χ1v) is 17.6. The van der Waals surface area contributed by atoms with Gasteiger partial charge in [0.15, 0.2) is 6.10 Å². The van der Waals surface area contributed by atoms with Gasteiger partial charge in [-0.05, 0) is 32.1 Å². The largest absolute Gasteiger partial charge is 0.472 e. The molecule has 0 spiro atoms. The summed E-state index contributed by atoms with van der Waals surface area (Å²) in [5.74, 6) is -1.02. The van der Waals surface area contributed by atoms with E-state index in [-0.39, 0.29) is 26.2 Å². The topological polar surface area (TPSA) is 134 Å². The van der Waals surface area contributed by atoms with Gasteiger partial charge in [0, 0.05) is 19.9 Å². The van der Waals surface area contributed by atoms with Gasteiger partial charge >= 0.3 is 19.8 Å². The number of phosphoric acid groups is 1. The van der Waals surface area contributed by atoms with Crippen LogP contribution < -0.4 is 5.73 Å². The Bertz CT molecular complexity index is 704. The van der Waals surface area contributed by atoms with Crippen molar-refractivity contribution in [1.82, 2.24) is 0 Å². The average Bonchev–Trinajstić information content (AvgIpc) is 2.94. The van der Waals surface area contributed by atoms with Crippen LogP contribution in [0, 0.1) is 0 Å². The fourth-order valence-corrected chi connectivity index (χ4v) is 5.12. The fourth-order valence-electron chi connectivity index (χ4n) is 4.35. The Morgan fingerprint density at radius 1 is 0.756 bits per heavy atom. The summed E-state index contributed by atoms with van der Waals surface area (Å²) >= 11 is 0. The average molecular weight is 606 g/mol. The molecule has 0 aliphatic carbocycles. The summed E-state index contributed by atoms with van der Waals surface area (Å²) < 4.78 is 31.4. The second kappa shape index (κ2) is 28.9. The number of carbonyl (C=O) groups is 2. The summed E-state index contributed by atoms with van der Waals surface area (Å²) in [6.07, 6.45) is 27.6. The van der Waals surface area contributed by atoms with Crippen molar-refractivity contribution in [3.8, 4) is 0 Å². The van der Waals surface area contributed by atoms with Crippen molar-refractivity contribution < 1.29 is 37.6 Å². The standard InChI is InChI=1S/C31H60NO8P/c1-3-4-5-6-7-8-9-10-11-12-13-14-15-16-17-18-19-20-21-22-23-24-31(34)40-30(27-37-29(2)33)28-39-41(35,36)38-26-25-32/h12-13,30H,3-11,14-28,32H2,1-2H3,(H,35,36)/b13-12-. The van der Waals surface area contributed by atoms with E-state index < -0.39 is 32.5 Å². The molecule has 0 saturated heterocycles. The molecule has 0 radical (unpaired) electrons. The van der Waals surface area contributed by atoms with Gasteiger partial charge in [-0.3, -0.25) is 18.6 Å². The van der Waals surface area contributed by atoms with E-state index >= 15 is 0 Å².